The fourth-order valence-corrected chi connectivity index (χ4v) is 13.1. The van der Waals surface area contributed by atoms with E-state index in [4.69, 9.17) is 21.8 Å². The molecule has 7 nitrogen and oxygen atoms in total. The Morgan fingerprint density at radius 2 is 0.634 bits per heavy atom. The standard InChI is InChI=1S/C32H72N2O5Si2/c1-9-33(10-2)29-25-21-17-19-23-27-31-40(35-13-5,36-14-6)39-41(37-15-7,38-16-8)32-28-24-20-18-22-26-30-34(11-3)12-4/h9-32H2,1-8H3. The van der Waals surface area contributed by atoms with Crippen LogP contribution >= 0.6 is 0 Å². The van der Waals surface area contributed by atoms with E-state index in [1.807, 2.05) is 27.7 Å². The van der Waals surface area contributed by atoms with Gasteiger partial charge in [-0.15, -0.1) is 0 Å². The third-order valence-corrected chi connectivity index (χ3v) is 15.3. The maximum absolute atomic E-state index is 6.96. The molecule has 0 aromatic rings. The Morgan fingerprint density at radius 3 is 0.902 bits per heavy atom. The van der Waals surface area contributed by atoms with Crippen molar-refractivity contribution in [2.45, 2.75) is 145 Å². The second-order valence-electron chi connectivity index (χ2n) is 11.0. The monoisotopic (exact) mass is 620 g/mol. The molecule has 0 aliphatic heterocycles. The van der Waals surface area contributed by atoms with Crippen LogP contribution in [-0.4, -0.2) is 93.1 Å². The molecule has 0 bridgehead atoms. The van der Waals surface area contributed by atoms with Crippen LogP contribution in [0, 0.1) is 0 Å². The summed E-state index contributed by atoms with van der Waals surface area (Å²) in [5.74, 6) is 0. The van der Waals surface area contributed by atoms with E-state index in [0.717, 1.165) is 51.1 Å². The first-order valence-corrected chi connectivity index (χ1v) is 21.5. The van der Waals surface area contributed by atoms with Crippen LogP contribution in [0.25, 0.3) is 0 Å². The summed E-state index contributed by atoms with van der Waals surface area (Å²) in [5, 5.41) is 0. The van der Waals surface area contributed by atoms with Crippen molar-refractivity contribution in [1.29, 1.82) is 0 Å². The first kappa shape index (κ1) is 41.2. The van der Waals surface area contributed by atoms with Crippen molar-refractivity contribution in [3.05, 3.63) is 0 Å². The molecule has 0 fully saturated rings. The first-order valence-electron chi connectivity index (χ1n) is 17.6. The summed E-state index contributed by atoms with van der Waals surface area (Å²) in [6, 6.07) is 1.69. The summed E-state index contributed by atoms with van der Waals surface area (Å²) in [4.78, 5) is 5.03. The molecule has 0 N–H and O–H groups in total. The Kier molecular flexibility index (Phi) is 27.8. The van der Waals surface area contributed by atoms with Crippen molar-refractivity contribution in [2.24, 2.45) is 0 Å². The van der Waals surface area contributed by atoms with E-state index in [2.05, 4.69) is 37.5 Å². The lowest BCUT2D eigenvalue weighted by atomic mass is 10.1. The largest absolute Gasteiger partial charge is 0.493 e. The summed E-state index contributed by atoms with van der Waals surface area (Å²) in [6.45, 7) is 26.6. The second kappa shape index (κ2) is 27.7. The predicted molar refractivity (Wildman–Crippen MR) is 180 cm³/mol. The van der Waals surface area contributed by atoms with Gasteiger partial charge in [-0.25, -0.2) is 0 Å². The lowest BCUT2D eigenvalue weighted by Crippen LogP contribution is -2.59. The SMILES string of the molecule is CCO[Si](CCCCCCCCN(CC)CC)(OCC)O[Si](CCCCCCCCN(CC)CC)(OCC)OCC. The van der Waals surface area contributed by atoms with Gasteiger partial charge in [0.1, 0.15) is 0 Å². The molecule has 0 aliphatic rings. The molecule has 0 aliphatic carbocycles. The summed E-state index contributed by atoms with van der Waals surface area (Å²) >= 11 is 0. The highest BCUT2D eigenvalue weighted by Gasteiger charge is 2.52. The average Bonchev–Trinajstić information content (AvgIpc) is 2.96. The Morgan fingerprint density at radius 1 is 0.366 bits per heavy atom. The Bertz CT molecular complexity index is 496. The number of rotatable bonds is 32. The van der Waals surface area contributed by atoms with Crippen molar-refractivity contribution in [1.82, 2.24) is 9.80 Å². The molecule has 0 spiro atoms. The molecule has 0 saturated heterocycles. The van der Waals surface area contributed by atoms with Gasteiger partial charge in [-0.3, -0.25) is 0 Å². The first-order chi connectivity index (χ1) is 19.9. The molecule has 0 rings (SSSR count). The zero-order valence-corrected chi connectivity index (χ0v) is 30.9. The Balaban J connectivity index is 4.92. The topological polar surface area (TPSA) is 52.6 Å². The van der Waals surface area contributed by atoms with Gasteiger partial charge in [0.05, 0.1) is 0 Å². The number of hydrogen-bond donors (Lipinski definition) is 0. The fraction of sp³-hybridized carbons (Fsp3) is 1.00. The minimum atomic E-state index is -2.91. The highest BCUT2D eigenvalue weighted by Crippen LogP contribution is 2.30. The molecule has 0 atom stereocenters. The van der Waals surface area contributed by atoms with Gasteiger partial charge in [0.2, 0.25) is 0 Å². The Hall–Kier alpha value is 0.154. The van der Waals surface area contributed by atoms with Crippen molar-refractivity contribution in [2.75, 3.05) is 65.7 Å². The third kappa shape index (κ3) is 19.9. The fourth-order valence-electron chi connectivity index (χ4n) is 5.56. The van der Waals surface area contributed by atoms with Crippen LogP contribution < -0.4 is 0 Å². The number of unbranched alkanes of at least 4 members (excludes halogenated alkanes) is 10. The van der Waals surface area contributed by atoms with Gasteiger partial charge >= 0.3 is 17.6 Å². The third-order valence-electron chi connectivity index (χ3n) is 7.97. The molecule has 0 unspecified atom stereocenters. The maximum atomic E-state index is 6.96. The Labute approximate surface area is 259 Å². The van der Waals surface area contributed by atoms with Gasteiger partial charge < -0.3 is 31.6 Å². The summed E-state index contributed by atoms with van der Waals surface area (Å²) in [5.41, 5.74) is 0. The second-order valence-corrected chi connectivity index (χ2v) is 16.7. The zero-order valence-electron chi connectivity index (χ0n) is 28.9. The van der Waals surface area contributed by atoms with Gasteiger partial charge in [-0.05, 0) is 92.6 Å². The van der Waals surface area contributed by atoms with Gasteiger partial charge in [0.15, 0.2) is 0 Å². The van der Waals surface area contributed by atoms with E-state index in [1.165, 1.54) is 77.3 Å². The molecule has 0 heterocycles. The van der Waals surface area contributed by atoms with Gasteiger partial charge in [-0.1, -0.05) is 79.1 Å². The van der Waals surface area contributed by atoms with E-state index < -0.39 is 17.6 Å². The van der Waals surface area contributed by atoms with E-state index in [0.29, 0.717) is 26.4 Å². The molecule has 9 heteroatoms. The maximum Gasteiger partial charge on any atom is 0.493 e. The average molecular weight is 621 g/mol. The van der Waals surface area contributed by atoms with Crippen molar-refractivity contribution >= 4 is 17.6 Å². The van der Waals surface area contributed by atoms with Gasteiger partial charge in [0, 0.05) is 38.5 Å². The molecule has 41 heavy (non-hydrogen) atoms. The molecule has 0 saturated carbocycles. The number of nitrogens with zero attached hydrogens (tertiary/aromatic N) is 2. The van der Waals surface area contributed by atoms with Crippen LogP contribution in [0.3, 0.4) is 0 Å². The lowest BCUT2D eigenvalue weighted by Gasteiger charge is -2.38. The van der Waals surface area contributed by atoms with E-state index in [9.17, 15) is 0 Å². The highest BCUT2D eigenvalue weighted by atomic mass is 28.5. The number of hydrogen-bond acceptors (Lipinski definition) is 7. The normalized spacial score (nSPS) is 12.7. The molecule has 0 aromatic heterocycles. The predicted octanol–water partition coefficient (Wildman–Crippen LogP) is 8.39. The smallest absolute Gasteiger partial charge is 0.374 e. The quantitative estimate of drug-likeness (QED) is 0.0553. The molecule has 0 amide bonds. The zero-order chi connectivity index (χ0) is 30.7. The lowest BCUT2D eigenvalue weighted by molar-refractivity contribution is 0.0487. The molecule has 248 valence electrons. The summed E-state index contributed by atoms with van der Waals surface area (Å²) in [6.07, 6.45) is 14.9. The van der Waals surface area contributed by atoms with Crippen LogP contribution in [0.5, 0.6) is 0 Å². The summed E-state index contributed by atoms with van der Waals surface area (Å²) in [7, 11) is -5.82. The van der Waals surface area contributed by atoms with E-state index in [-0.39, 0.29) is 0 Å². The van der Waals surface area contributed by atoms with Crippen LogP contribution in [0.4, 0.5) is 0 Å². The van der Waals surface area contributed by atoms with Gasteiger partial charge in [-0.2, -0.15) is 0 Å². The van der Waals surface area contributed by atoms with Crippen LogP contribution in [0.15, 0.2) is 0 Å². The van der Waals surface area contributed by atoms with Crippen LogP contribution in [0.2, 0.25) is 12.1 Å². The van der Waals surface area contributed by atoms with Crippen molar-refractivity contribution in [3.63, 3.8) is 0 Å². The van der Waals surface area contributed by atoms with Crippen molar-refractivity contribution < 1.29 is 21.8 Å². The van der Waals surface area contributed by atoms with Crippen LogP contribution in [-0.2, 0) is 21.8 Å². The van der Waals surface area contributed by atoms with Crippen molar-refractivity contribution in [3.8, 4) is 0 Å². The minimum Gasteiger partial charge on any atom is -0.374 e. The molecular weight excluding hydrogens is 549 g/mol. The minimum absolute atomic E-state index is 0.591. The summed E-state index contributed by atoms with van der Waals surface area (Å²) < 4.78 is 32.5. The molecule has 0 aromatic carbocycles. The van der Waals surface area contributed by atoms with Gasteiger partial charge in [0.25, 0.3) is 0 Å². The van der Waals surface area contributed by atoms with E-state index >= 15 is 0 Å². The highest BCUT2D eigenvalue weighted by molar-refractivity contribution is 6.75. The van der Waals surface area contributed by atoms with E-state index in [1.54, 1.807) is 0 Å². The van der Waals surface area contributed by atoms with Crippen LogP contribution in [0.1, 0.15) is 132 Å². The molecule has 0 radical (unpaired) electrons. The molecular formula is C32H72N2O5Si2.